The fraction of sp³-hybridized carbons (Fsp3) is 0.304. The minimum atomic E-state index is -0.308. The summed E-state index contributed by atoms with van der Waals surface area (Å²) >= 11 is 0. The van der Waals surface area contributed by atoms with E-state index in [2.05, 4.69) is 30.6 Å². The van der Waals surface area contributed by atoms with E-state index >= 15 is 0 Å². The largest absolute Gasteiger partial charge is 0.294 e. The van der Waals surface area contributed by atoms with E-state index in [0.717, 1.165) is 24.4 Å². The number of rotatable bonds is 2. The maximum atomic E-state index is 13.3. The summed E-state index contributed by atoms with van der Waals surface area (Å²) in [7, 11) is 0. The molecule has 1 aliphatic rings. The van der Waals surface area contributed by atoms with Gasteiger partial charge in [0.05, 0.1) is 17.4 Å². The minimum Gasteiger partial charge on any atom is -0.294 e. The van der Waals surface area contributed by atoms with Crippen molar-refractivity contribution >= 4 is 10.9 Å². The molecule has 3 aromatic rings. The molecule has 1 unspecified atom stereocenters. The van der Waals surface area contributed by atoms with E-state index < -0.39 is 0 Å². The molecule has 0 radical (unpaired) electrons. The summed E-state index contributed by atoms with van der Waals surface area (Å²) in [5.41, 5.74) is 2.03. The number of benzene rings is 2. The molecule has 0 spiro atoms. The third-order valence-corrected chi connectivity index (χ3v) is 5.38. The molecule has 1 aliphatic heterocycles. The maximum absolute atomic E-state index is 13.3. The number of hydrogen-bond donors (Lipinski definition) is 0. The molecule has 0 aliphatic carbocycles. The zero-order chi connectivity index (χ0) is 19.7. The second kappa shape index (κ2) is 7.57. The first kappa shape index (κ1) is 18.4. The molecule has 0 fully saturated rings. The van der Waals surface area contributed by atoms with Gasteiger partial charge in [-0.3, -0.25) is 14.3 Å². The first-order chi connectivity index (χ1) is 13.5. The van der Waals surface area contributed by atoms with Gasteiger partial charge in [0.2, 0.25) is 0 Å². The van der Waals surface area contributed by atoms with Crippen LogP contribution in [0.15, 0.2) is 47.3 Å². The lowest BCUT2D eigenvalue weighted by molar-refractivity contribution is 0.156. The molecule has 1 aromatic heterocycles. The number of aromatic nitrogens is 2. The molecule has 2 aromatic carbocycles. The van der Waals surface area contributed by atoms with Gasteiger partial charge in [0.1, 0.15) is 11.6 Å². The Morgan fingerprint density at radius 3 is 2.68 bits per heavy atom. The van der Waals surface area contributed by atoms with Crippen LogP contribution in [0.2, 0.25) is 0 Å². The van der Waals surface area contributed by atoms with Crippen molar-refractivity contribution in [2.24, 2.45) is 0 Å². The van der Waals surface area contributed by atoms with Gasteiger partial charge in [-0.25, -0.2) is 9.37 Å². The predicted molar refractivity (Wildman–Crippen MR) is 109 cm³/mol. The summed E-state index contributed by atoms with van der Waals surface area (Å²) in [5, 5.41) is 0.608. The van der Waals surface area contributed by atoms with E-state index in [1.165, 1.54) is 12.1 Å². The molecule has 28 heavy (non-hydrogen) atoms. The Labute approximate surface area is 163 Å². The number of nitrogens with zero attached hydrogens (tertiary/aromatic N) is 3. The van der Waals surface area contributed by atoms with Crippen LogP contribution < -0.4 is 5.56 Å². The molecule has 4 rings (SSSR count). The summed E-state index contributed by atoms with van der Waals surface area (Å²) in [6.45, 7) is 6.59. The van der Waals surface area contributed by atoms with Crippen LogP contribution in [0.25, 0.3) is 10.9 Å². The molecule has 4 nitrogen and oxygen atoms in total. The van der Waals surface area contributed by atoms with E-state index in [1.807, 2.05) is 12.1 Å². The van der Waals surface area contributed by atoms with Crippen LogP contribution in [0.4, 0.5) is 4.39 Å². The van der Waals surface area contributed by atoms with Gasteiger partial charge in [-0.1, -0.05) is 24.8 Å². The van der Waals surface area contributed by atoms with Crippen LogP contribution in [0.3, 0.4) is 0 Å². The zero-order valence-corrected chi connectivity index (χ0v) is 16.1. The third kappa shape index (κ3) is 3.56. The van der Waals surface area contributed by atoms with Gasteiger partial charge in [-0.2, -0.15) is 0 Å². The minimum absolute atomic E-state index is 0.00782. The van der Waals surface area contributed by atoms with Crippen molar-refractivity contribution in [3.8, 4) is 11.8 Å². The molecule has 0 bridgehead atoms. The molecule has 0 amide bonds. The Balaban J connectivity index is 1.71. The van der Waals surface area contributed by atoms with Gasteiger partial charge in [0.15, 0.2) is 0 Å². The van der Waals surface area contributed by atoms with Gasteiger partial charge >= 0.3 is 0 Å². The monoisotopic (exact) mass is 375 g/mol. The third-order valence-electron chi connectivity index (χ3n) is 5.38. The van der Waals surface area contributed by atoms with Crippen molar-refractivity contribution in [2.45, 2.75) is 39.4 Å². The average molecular weight is 375 g/mol. The Hall–Kier alpha value is -2.97. The van der Waals surface area contributed by atoms with Gasteiger partial charge in [-0.05, 0) is 49.7 Å². The van der Waals surface area contributed by atoms with Gasteiger partial charge in [0.25, 0.3) is 5.56 Å². The van der Waals surface area contributed by atoms with E-state index in [4.69, 9.17) is 4.98 Å². The molecule has 0 saturated heterocycles. The molecule has 0 saturated carbocycles. The van der Waals surface area contributed by atoms with Crippen molar-refractivity contribution in [1.29, 1.82) is 0 Å². The summed E-state index contributed by atoms with van der Waals surface area (Å²) < 4.78 is 15.1. The fourth-order valence-corrected chi connectivity index (χ4v) is 3.53. The predicted octanol–water partition coefficient (Wildman–Crippen LogP) is 3.55. The SMILES string of the molecule is CCC(C)N1CCn2c(nc3cc(C#Cc4cccc(F)c4)ccc3c2=O)C1. The Kier molecular flexibility index (Phi) is 4.97. The normalized spacial score (nSPS) is 15.0. The van der Waals surface area contributed by atoms with Crippen molar-refractivity contribution in [3.05, 3.63) is 75.6 Å². The van der Waals surface area contributed by atoms with E-state index in [9.17, 15) is 9.18 Å². The van der Waals surface area contributed by atoms with E-state index in [1.54, 1.807) is 22.8 Å². The van der Waals surface area contributed by atoms with E-state index in [0.29, 0.717) is 35.6 Å². The summed E-state index contributed by atoms with van der Waals surface area (Å²) in [6.07, 6.45) is 1.07. The number of hydrogen-bond acceptors (Lipinski definition) is 3. The molecular weight excluding hydrogens is 353 g/mol. The van der Waals surface area contributed by atoms with Crippen molar-refractivity contribution in [2.75, 3.05) is 6.54 Å². The van der Waals surface area contributed by atoms with Crippen LogP contribution in [0.5, 0.6) is 0 Å². The average Bonchev–Trinajstić information content (AvgIpc) is 2.71. The first-order valence-corrected chi connectivity index (χ1v) is 9.60. The van der Waals surface area contributed by atoms with Crippen molar-refractivity contribution in [3.63, 3.8) is 0 Å². The molecular formula is C23H22FN3O. The zero-order valence-electron chi connectivity index (χ0n) is 16.1. The quantitative estimate of drug-likeness (QED) is 0.643. The molecule has 5 heteroatoms. The fourth-order valence-electron chi connectivity index (χ4n) is 3.53. The molecule has 1 atom stereocenters. The highest BCUT2D eigenvalue weighted by Crippen LogP contribution is 2.17. The summed E-state index contributed by atoms with van der Waals surface area (Å²) in [4.78, 5) is 20.0. The van der Waals surface area contributed by atoms with Crippen LogP contribution in [0.1, 0.15) is 37.2 Å². The smallest absolute Gasteiger partial charge is 0.261 e. The standard InChI is InChI=1S/C23H22FN3O/c1-3-16(2)26-11-12-27-22(15-26)25-21-14-18(9-10-20(21)23(27)28)8-7-17-5-4-6-19(24)13-17/h4-6,9-10,13-14,16H,3,11-12,15H2,1-2H3. The van der Waals surface area contributed by atoms with Gasteiger partial charge in [0, 0.05) is 30.3 Å². The molecule has 2 heterocycles. The van der Waals surface area contributed by atoms with E-state index in [-0.39, 0.29) is 11.4 Å². The Bertz CT molecular complexity index is 1160. The van der Waals surface area contributed by atoms with Crippen molar-refractivity contribution in [1.82, 2.24) is 14.5 Å². The summed E-state index contributed by atoms with van der Waals surface area (Å²) in [5.74, 6) is 6.50. The van der Waals surface area contributed by atoms with Crippen LogP contribution >= 0.6 is 0 Å². The second-order valence-corrected chi connectivity index (χ2v) is 7.20. The maximum Gasteiger partial charge on any atom is 0.261 e. The lowest BCUT2D eigenvalue weighted by Gasteiger charge is -2.33. The Morgan fingerprint density at radius 2 is 1.93 bits per heavy atom. The van der Waals surface area contributed by atoms with Crippen LogP contribution in [-0.4, -0.2) is 27.0 Å². The lowest BCUT2D eigenvalue weighted by atomic mass is 10.1. The number of fused-ring (bicyclic) bond motifs is 2. The molecule has 0 N–H and O–H groups in total. The summed E-state index contributed by atoms with van der Waals surface area (Å²) in [6, 6.07) is 12.1. The highest BCUT2D eigenvalue weighted by Gasteiger charge is 2.22. The van der Waals surface area contributed by atoms with Gasteiger partial charge in [-0.15, -0.1) is 0 Å². The topological polar surface area (TPSA) is 38.1 Å². The second-order valence-electron chi connectivity index (χ2n) is 7.20. The van der Waals surface area contributed by atoms with Gasteiger partial charge < -0.3 is 0 Å². The van der Waals surface area contributed by atoms with Crippen LogP contribution in [-0.2, 0) is 13.1 Å². The van der Waals surface area contributed by atoms with Crippen molar-refractivity contribution < 1.29 is 4.39 Å². The highest BCUT2D eigenvalue weighted by molar-refractivity contribution is 5.79. The first-order valence-electron chi connectivity index (χ1n) is 9.60. The lowest BCUT2D eigenvalue weighted by Crippen LogP contribution is -2.43. The number of halogens is 1. The highest BCUT2D eigenvalue weighted by atomic mass is 19.1. The molecule has 142 valence electrons. The van der Waals surface area contributed by atoms with Crippen LogP contribution in [0, 0.1) is 17.7 Å². The Morgan fingerprint density at radius 1 is 1.14 bits per heavy atom.